The molecule has 138 valence electrons. The molecule has 0 amide bonds. The Morgan fingerprint density at radius 3 is 2.62 bits per heavy atom. The summed E-state index contributed by atoms with van der Waals surface area (Å²) in [5.41, 5.74) is 3.09. The quantitative estimate of drug-likeness (QED) is 0.754. The Balaban J connectivity index is 1.76. The van der Waals surface area contributed by atoms with Crippen LogP contribution in [0.15, 0.2) is 42.5 Å². The minimum Gasteiger partial charge on any atom is -0.497 e. The summed E-state index contributed by atoms with van der Waals surface area (Å²) in [4.78, 5) is 0. The van der Waals surface area contributed by atoms with E-state index in [4.69, 9.17) is 21.7 Å². The molecule has 1 heterocycles. The minimum absolute atomic E-state index is 0.0544. The topological polar surface area (TPSA) is 42.5 Å². The molecule has 1 atom stereocenters. The van der Waals surface area contributed by atoms with Crippen LogP contribution in [0.4, 0.5) is 5.69 Å². The van der Waals surface area contributed by atoms with Gasteiger partial charge in [0.15, 0.2) is 5.11 Å². The zero-order chi connectivity index (χ0) is 18.7. The summed E-state index contributed by atoms with van der Waals surface area (Å²) in [5, 5.41) is 7.32. The number of fused-ring (bicyclic) bond motifs is 1. The fourth-order valence-corrected chi connectivity index (χ4v) is 3.50. The van der Waals surface area contributed by atoms with Gasteiger partial charge in [-0.1, -0.05) is 19.1 Å². The molecule has 5 heteroatoms. The van der Waals surface area contributed by atoms with Crippen LogP contribution < -0.4 is 20.1 Å². The first-order chi connectivity index (χ1) is 12.4. The van der Waals surface area contributed by atoms with Gasteiger partial charge in [0.1, 0.15) is 17.1 Å². The summed E-state index contributed by atoms with van der Waals surface area (Å²) >= 11 is 5.55. The molecule has 0 fully saturated rings. The van der Waals surface area contributed by atoms with E-state index in [2.05, 4.69) is 55.7 Å². The zero-order valence-electron chi connectivity index (χ0n) is 15.8. The minimum atomic E-state index is -0.266. The largest absolute Gasteiger partial charge is 0.497 e. The lowest BCUT2D eigenvalue weighted by Crippen LogP contribution is -2.42. The number of ether oxygens (including phenoxy) is 2. The third-order valence-electron chi connectivity index (χ3n) is 4.60. The number of methoxy groups -OCH3 is 1. The first-order valence-corrected chi connectivity index (χ1v) is 9.34. The summed E-state index contributed by atoms with van der Waals surface area (Å²) in [6.07, 6.45) is 1.84. The predicted molar refractivity (Wildman–Crippen MR) is 110 cm³/mol. The average molecular weight is 371 g/mol. The van der Waals surface area contributed by atoms with Crippen LogP contribution in [0.25, 0.3) is 0 Å². The number of thiocarbonyl (C=S) groups is 1. The molecule has 3 rings (SSSR count). The van der Waals surface area contributed by atoms with Crippen LogP contribution in [0.5, 0.6) is 11.5 Å². The molecule has 0 spiro atoms. The lowest BCUT2D eigenvalue weighted by molar-refractivity contribution is 0.0695. The van der Waals surface area contributed by atoms with Crippen molar-refractivity contribution in [2.75, 3.05) is 12.4 Å². The van der Waals surface area contributed by atoms with Crippen molar-refractivity contribution in [2.24, 2.45) is 0 Å². The van der Waals surface area contributed by atoms with E-state index >= 15 is 0 Å². The van der Waals surface area contributed by atoms with E-state index in [1.807, 2.05) is 18.2 Å². The van der Waals surface area contributed by atoms with Gasteiger partial charge in [-0.15, -0.1) is 0 Å². The third-order valence-corrected chi connectivity index (χ3v) is 4.82. The van der Waals surface area contributed by atoms with Crippen LogP contribution in [0.1, 0.15) is 44.4 Å². The summed E-state index contributed by atoms with van der Waals surface area (Å²) < 4.78 is 11.5. The Bertz CT molecular complexity index is 787. The molecule has 2 aromatic rings. The molecule has 0 aromatic heterocycles. The second kappa shape index (κ2) is 7.54. The second-order valence-electron chi connectivity index (χ2n) is 7.17. The molecular formula is C21H26N2O2S. The molecule has 2 aromatic carbocycles. The van der Waals surface area contributed by atoms with E-state index in [1.165, 1.54) is 5.56 Å². The van der Waals surface area contributed by atoms with Crippen LogP contribution >= 0.6 is 12.2 Å². The third kappa shape index (κ3) is 4.28. The standard InChI is InChI=1S/C21H26N2O2S/c1-5-14-6-8-15(9-7-14)22-20(26)23-18-13-21(2,3)25-19-11-10-16(24-4)12-17(18)19/h6-12,18H,5,13H2,1-4H3,(H2,22,23,26)/t18-/m1/s1. The Morgan fingerprint density at radius 1 is 1.23 bits per heavy atom. The molecule has 0 radical (unpaired) electrons. The molecular weight excluding hydrogens is 344 g/mol. The van der Waals surface area contributed by atoms with E-state index in [0.717, 1.165) is 35.6 Å². The molecule has 26 heavy (non-hydrogen) atoms. The fraction of sp³-hybridized carbons (Fsp3) is 0.381. The van der Waals surface area contributed by atoms with Crippen molar-refractivity contribution in [3.05, 3.63) is 53.6 Å². The maximum Gasteiger partial charge on any atom is 0.171 e. The Hall–Kier alpha value is -2.27. The molecule has 0 unspecified atom stereocenters. The normalized spacial score (nSPS) is 17.6. The summed E-state index contributed by atoms with van der Waals surface area (Å²) in [7, 11) is 1.67. The Morgan fingerprint density at radius 2 is 1.96 bits per heavy atom. The lowest BCUT2D eigenvalue weighted by atomic mass is 9.89. The van der Waals surface area contributed by atoms with Gasteiger partial charge in [-0.3, -0.25) is 0 Å². The molecule has 4 nitrogen and oxygen atoms in total. The van der Waals surface area contributed by atoms with Gasteiger partial charge in [-0.2, -0.15) is 0 Å². The van der Waals surface area contributed by atoms with E-state index in [1.54, 1.807) is 7.11 Å². The van der Waals surface area contributed by atoms with Crippen LogP contribution in [0.2, 0.25) is 0 Å². The highest BCUT2D eigenvalue weighted by molar-refractivity contribution is 7.80. The van der Waals surface area contributed by atoms with E-state index in [9.17, 15) is 0 Å². The number of anilines is 1. The smallest absolute Gasteiger partial charge is 0.171 e. The van der Waals surface area contributed by atoms with Gasteiger partial charge in [0.2, 0.25) is 0 Å². The number of nitrogens with one attached hydrogen (secondary N) is 2. The molecule has 1 aliphatic rings. The average Bonchev–Trinajstić information content (AvgIpc) is 2.61. The molecule has 0 aliphatic carbocycles. The second-order valence-corrected chi connectivity index (χ2v) is 7.58. The van der Waals surface area contributed by atoms with Crippen molar-refractivity contribution in [3.8, 4) is 11.5 Å². The number of hydrogen-bond acceptors (Lipinski definition) is 3. The Labute approximate surface area is 160 Å². The molecule has 0 bridgehead atoms. The van der Waals surface area contributed by atoms with Crippen LogP contribution in [-0.2, 0) is 6.42 Å². The fourth-order valence-electron chi connectivity index (χ4n) is 3.24. The first-order valence-electron chi connectivity index (χ1n) is 8.93. The van der Waals surface area contributed by atoms with Crippen molar-refractivity contribution >= 4 is 23.0 Å². The SMILES string of the molecule is CCc1ccc(NC(=S)N[C@@H]2CC(C)(C)Oc3ccc(OC)cc32)cc1. The van der Waals surface area contributed by atoms with Crippen molar-refractivity contribution < 1.29 is 9.47 Å². The van der Waals surface area contributed by atoms with Gasteiger partial charge < -0.3 is 20.1 Å². The van der Waals surface area contributed by atoms with Crippen LogP contribution in [0, 0.1) is 0 Å². The maximum absolute atomic E-state index is 6.12. The number of rotatable bonds is 4. The molecule has 0 saturated carbocycles. The number of hydrogen-bond donors (Lipinski definition) is 2. The van der Waals surface area contributed by atoms with Gasteiger partial charge in [0.05, 0.1) is 13.2 Å². The molecule has 0 saturated heterocycles. The summed E-state index contributed by atoms with van der Waals surface area (Å²) in [6.45, 7) is 6.33. The van der Waals surface area contributed by atoms with Crippen molar-refractivity contribution in [2.45, 2.75) is 45.3 Å². The van der Waals surface area contributed by atoms with E-state index in [0.29, 0.717) is 5.11 Å². The van der Waals surface area contributed by atoms with Crippen molar-refractivity contribution in [1.82, 2.24) is 5.32 Å². The highest BCUT2D eigenvalue weighted by Crippen LogP contribution is 2.41. The molecule has 2 N–H and O–H groups in total. The first kappa shape index (κ1) is 18.5. The van der Waals surface area contributed by atoms with Gasteiger partial charge in [0.25, 0.3) is 0 Å². The number of benzene rings is 2. The maximum atomic E-state index is 6.12. The summed E-state index contributed by atoms with van der Waals surface area (Å²) in [6, 6.07) is 14.3. The lowest BCUT2D eigenvalue weighted by Gasteiger charge is -2.38. The van der Waals surface area contributed by atoms with Crippen LogP contribution in [0.3, 0.4) is 0 Å². The van der Waals surface area contributed by atoms with Gasteiger partial charge in [0, 0.05) is 17.7 Å². The summed E-state index contributed by atoms with van der Waals surface area (Å²) in [5.74, 6) is 1.68. The highest BCUT2D eigenvalue weighted by atomic mass is 32.1. The highest BCUT2D eigenvalue weighted by Gasteiger charge is 2.34. The van der Waals surface area contributed by atoms with Gasteiger partial charge in [-0.05, 0) is 68.4 Å². The van der Waals surface area contributed by atoms with Crippen molar-refractivity contribution in [1.29, 1.82) is 0 Å². The monoisotopic (exact) mass is 370 g/mol. The zero-order valence-corrected chi connectivity index (χ0v) is 16.6. The van der Waals surface area contributed by atoms with Crippen molar-refractivity contribution in [3.63, 3.8) is 0 Å². The molecule has 1 aliphatic heterocycles. The van der Waals surface area contributed by atoms with Gasteiger partial charge in [-0.25, -0.2) is 0 Å². The van der Waals surface area contributed by atoms with E-state index < -0.39 is 0 Å². The Kier molecular flexibility index (Phi) is 5.37. The predicted octanol–water partition coefficient (Wildman–Crippen LogP) is 4.85. The van der Waals surface area contributed by atoms with Crippen LogP contribution in [-0.4, -0.2) is 17.8 Å². The number of aryl methyl sites for hydroxylation is 1. The van der Waals surface area contributed by atoms with E-state index in [-0.39, 0.29) is 11.6 Å². The van der Waals surface area contributed by atoms with Gasteiger partial charge >= 0.3 is 0 Å².